The summed E-state index contributed by atoms with van der Waals surface area (Å²) in [6, 6.07) is 5.05. The van der Waals surface area contributed by atoms with Crippen LogP contribution in [0.15, 0.2) is 30.5 Å². The molecule has 3 N–H and O–H groups in total. The number of Topliss-reactive ketones (excluding diaryl/α,β-unsaturated/α-hetero) is 1. The molecule has 2 heterocycles. The van der Waals surface area contributed by atoms with Crippen molar-refractivity contribution in [2.45, 2.75) is 25.8 Å². The second-order valence-electron chi connectivity index (χ2n) is 6.35. The number of nitrogen functional groups attached to an aromatic ring is 1. The van der Waals surface area contributed by atoms with E-state index in [4.69, 9.17) is 5.73 Å². The van der Waals surface area contributed by atoms with E-state index in [2.05, 4.69) is 10.4 Å². The van der Waals surface area contributed by atoms with Crippen LogP contribution in [0.3, 0.4) is 0 Å². The lowest BCUT2D eigenvalue weighted by molar-refractivity contribution is -0.132. The van der Waals surface area contributed by atoms with Crippen molar-refractivity contribution in [3.8, 4) is 5.69 Å². The number of nitrogens with one attached hydrogen (secondary N) is 1. The Morgan fingerprint density at radius 2 is 2.15 bits per heavy atom. The van der Waals surface area contributed by atoms with Crippen molar-refractivity contribution in [2.24, 2.45) is 0 Å². The van der Waals surface area contributed by atoms with Gasteiger partial charge in [0.25, 0.3) is 0 Å². The molecule has 1 fully saturated rings. The van der Waals surface area contributed by atoms with Crippen molar-refractivity contribution in [3.63, 3.8) is 0 Å². The number of benzene rings is 1. The Labute approximate surface area is 155 Å². The molecule has 142 valence electrons. The van der Waals surface area contributed by atoms with Crippen molar-refractivity contribution in [1.29, 1.82) is 0 Å². The van der Waals surface area contributed by atoms with Crippen molar-refractivity contribution in [1.82, 2.24) is 20.0 Å². The number of likely N-dealkylation sites (tertiary alicyclic amines) is 1. The Balaban J connectivity index is 1.81. The Morgan fingerprint density at radius 1 is 1.37 bits per heavy atom. The number of carbonyl (C=O) groups excluding carboxylic acids is 3. The maximum Gasteiger partial charge on any atom is 0.242 e. The van der Waals surface area contributed by atoms with Gasteiger partial charge in [-0.05, 0) is 31.0 Å². The topological polar surface area (TPSA) is 110 Å². The summed E-state index contributed by atoms with van der Waals surface area (Å²) in [6.07, 6.45) is 2.52. The van der Waals surface area contributed by atoms with Crippen LogP contribution in [0.4, 0.5) is 10.2 Å². The van der Waals surface area contributed by atoms with Crippen LogP contribution in [0, 0.1) is 5.82 Å². The average Bonchev–Trinajstić information content (AvgIpc) is 3.26. The van der Waals surface area contributed by atoms with Crippen molar-refractivity contribution < 1.29 is 18.8 Å². The van der Waals surface area contributed by atoms with Crippen molar-refractivity contribution in [3.05, 3.63) is 41.8 Å². The van der Waals surface area contributed by atoms with E-state index in [0.717, 1.165) is 0 Å². The summed E-state index contributed by atoms with van der Waals surface area (Å²) in [5.74, 6) is -1.31. The number of hydrogen-bond donors (Lipinski definition) is 2. The Kier molecular flexibility index (Phi) is 5.20. The van der Waals surface area contributed by atoms with E-state index in [-0.39, 0.29) is 35.5 Å². The number of carbonyl (C=O) groups is 3. The average molecular weight is 373 g/mol. The van der Waals surface area contributed by atoms with Gasteiger partial charge < -0.3 is 16.0 Å². The van der Waals surface area contributed by atoms with Crippen LogP contribution in [0.25, 0.3) is 5.69 Å². The predicted molar refractivity (Wildman–Crippen MR) is 95.7 cm³/mol. The first-order valence-corrected chi connectivity index (χ1v) is 8.56. The number of halogens is 1. The van der Waals surface area contributed by atoms with E-state index in [1.165, 1.54) is 40.9 Å². The lowest BCUT2D eigenvalue weighted by atomic mass is 10.0. The van der Waals surface area contributed by atoms with Gasteiger partial charge in [0.15, 0.2) is 5.78 Å². The summed E-state index contributed by atoms with van der Waals surface area (Å²) in [5, 5.41) is 6.54. The molecule has 0 spiro atoms. The van der Waals surface area contributed by atoms with Crippen LogP contribution in [0.2, 0.25) is 0 Å². The van der Waals surface area contributed by atoms with Crippen LogP contribution < -0.4 is 11.1 Å². The second kappa shape index (κ2) is 7.56. The molecule has 2 aromatic rings. The molecule has 0 saturated carbocycles. The maximum atomic E-state index is 13.4. The maximum absolute atomic E-state index is 13.4. The van der Waals surface area contributed by atoms with E-state index in [0.29, 0.717) is 25.1 Å². The van der Waals surface area contributed by atoms with Crippen LogP contribution in [-0.4, -0.2) is 51.4 Å². The molecule has 1 aliphatic rings. The molecule has 3 rings (SSSR count). The molecule has 0 unspecified atom stereocenters. The van der Waals surface area contributed by atoms with E-state index in [9.17, 15) is 18.8 Å². The fraction of sp³-hybridized carbons (Fsp3) is 0.333. The summed E-state index contributed by atoms with van der Waals surface area (Å²) in [7, 11) is 0. The lowest BCUT2D eigenvalue weighted by Crippen LogP contribution is -2.45. The SMILES string of the molecule is CC(=O)NCC(=O)N1CCC[C@@H]1C(=O)c1cnn(-c2cccc(F)c2)c1N. The van der Waals surface area contributed by atoms with Crippen molar-refractivity contribution >= 4 is 23.4 Å². The van der Waals surface area contributed by atoms with E-state index < -0.39 is 11.9 Å². The smallest absolute Gasteiger partial charge is 0.242 e. The largest absolute Gasteiger partial charge is 0.383 e. The minimum atomic E-state index is -0.654. The Hall–Kier alpha value is -3.23. The summed E-state index contributed by atoms with van der Waals surface area (Å²) >= 11 is 0. The lowest BCUT2D eigenvalue weighted by Gasteiger charge is -2.23. The highest BCUT2D eigenvalue weighted by atomic mass is 19.1. The fourth-order valence-corrected chi connectivity index (χ4v) is 3.18. The Morgan fingerprint density at radius 3 is 2.85 bits per heavy atom. The summed E-state index contributed by atoms with van der Waals surface area (Å²) in [5.41, 5.74) is 6.65. The number of aromatic nitrogens is 2. The number of ketones is 1. The van der Waals surface area contributed by atoms with Gasteiger partial charge >= 0.3 is 0 Å². The number of amides is 2. The molecular formula is C18H20FN5O3. The molecule has 1 saturated heterocycles. The summed E-state index contributed by atoms with van der Waals surface area (Å²) in [6.45, 7) is 1.60. The number of nitrogens with zero attached hydrogens (tertiary/aromatic N) is 3. The molecule has 0 bridgehead atoms. The van der Waals surface area contributed by atoms with E-state index >= 15 is 0 Å². The van der Waals surface area contributed by atoms with Crippen LogP contribution >= 0.6 is 0 Å². The monoisotopic (exact) mass is 373 g/mol. The third kappa shape index (κ3) is 3.81. The first-order valence-electron chi connectivity index (χ1n) is 8.56. The van der Waals surface area contributed by atoms with Gasteiger partial charge in [-0.2, -0.15) is 5.10 Å². The number of anilines is 1. The molecular weight excluding hydrogens is 353 g/mol. The quantitative estimate of drug-likeness (QED) is 0.757. The molecule has 1 atom stereocenters. The third-order valence-corrected chi connectivity index (χ3v) is 4.49. The highest BCUT2D eigenvalue weighted by molar-refractivity contribution is 6.05. The molecule has 0 aliphatic carbocycles. The van der Waals surface area contributed by atoms with Gasteiger partial charge in [-0.1, -0.05) is 6.07 Å². The zero-order chi connectivity index (χ0) is 19.6. The minimum absolute atomic E-state index is 0.0896. The van der Waals surface area contributed by atoms with Crippen LogP contribution in [0.5, 0.6) is 0 Å². The highest BCUT2D eigenvalue weighted by Gasteiger charge is 2.36. The van der Waals surface area contributed by atoms with Gasteiger partial charge in [0.1, 0.15) is 11.6 Å². The van der Waals surface area contributed by atoms with Crippen LogP contribution in [-0.2, 0) is 9.59 Å². The Bertz CT molecular complexity index is 895. The number of nitrogens with two attached hydrogens (primary N) is 1. The van der Waals surface area contributed by atoms with Gasteiger partial charge in [0, 0.05) is 13.5 Å². The molecule has 1 aromatic heterocycles. The van der Waals surface area contributed by atoms with Gasteiger partial charge in [-0.3, -0.25) is 14.4 Å². The molecule has 8 nitrogen and oxygen atoms in total. The van der Waals surface area contributed by atoms with Gasteiger partial charge in [0.2, 0.25) is 11.8 Å². The first-order chi connectivity index (χ1) is 12.9. The minimum Gasteiger partial charge on any atom is -0.383 e. The number of hydrogen-bond acceptors (Lipinski definition) is 5. The van der Waals surface area contributed by atoms with Crippen LogP contribution in [0.1, 0.15) is 30.1 Å². The summed E-state index contributed by atoms with van der Waals surface area (Å²) in [4.78, 5) is 37.7. The second-order valence-corrected chi connectivity index (χ2v) is 6.35. The van der Waals surface area contributed by atoms with E-state index in [1.807, 2.05) is 0 Å². The molecule has 1 aromatic carbocycles. The third-order valence-electron chi connectivity index (χ3n) is 4.49. The number of rotatable bonds is 5. The highest BCUT2D eigenvalue weighted by Crippen LogP contribution is 2.25. The molecule has 0 radical (unpaired) electrons. The molecule has 27 heavy (non-hydrogen) atoms. The summed E-state index contributed by atoms with van der Waals surface area (Å²) < 4.78 is 14.7. The predicted octanol–water partition coefficient (Wildman–Crippen LogP) is 0.903. The molecule has 1 aliphatic heterocycles. The van der Waals surface area contributed by atoms with E-state index in [1.54, 1.807) is 6.07 Å². The van der Waals surface area contributed by atoms with Gasteiger partial charge in [-0.15, -0.1) is 0 Å². The molecule has 9 heteroatoms. The fourth-order valence-electron chi connectivity index (χ4n) is 3.18. The van der Waals surface area contributed by atoms with Gasteiger partial charge in [-0.25, -0.2) is 9.07 Å². The first kappa shape index (κ1) is 18.6. The molecule has 2 amide bonds. The van der Waals surface area contributed by atoms with Gasteiger partial charge in [0.05, 0.1) is 30.0 Å². The van der Waals surface area contributed by atoms with Crippen molar-refractivity contribution in [2.75, 3.05) is 18.8 Å². The standard InChI is InChI=1S/C18H20FN5O3/c1-11(25)21-10-16(26)23-7-3-6-15(23)17(27)14-9-22-24(18(14)20)13-5-2-4-12(19)8-13/h2,4-5,8-9,15H,3,6-7,10,20H2,1H3,(H,21,25)/t15-/m1/s1. The normalized spacial score (nSPS) is 16.4. The zero-order valence-electron chi connectivity index (χ0n) is 14.8. The zero-order valence-corrected chi connectivity index (χ0v) is 14.8.